The van der Waals surface area contributed by atoms with Gasteiger partial charge >= 0.3 is 0 Å². The summed E-state index contributed by atoms with van der Waals surface area (Å²) in [6, 6.07) is 2.79. The Morgan fingerprint density at radius 1 is 1.44 bits per heavy atom. The molecule has 2 unspecified atom stereocenters. The van der Waals surface area contributed by atoms with Gasteiger partial charge in [-0.25, -0.2) is 5.84 Å². The number of nitrogens with zero attached hydrogens (tertiary/aromatic N) is 2. The summed E-state index contributed by atoms with van der Waals surface area (Å²) in [5.41, 5.74) is 2.13. The van der Waals surface area contributed by atoms with Gasteiger partial charge in [0.15, 0.2) is 0 Å². The Kier molecular flexibility index (Phi) is 4.53. The quantitative estimate of drug-likeness (QED) is 0.391. The standard InChI is InChI=1S/C12H20N4O2/c13-6-1-7-16(9-2-3-9)8-10-4-5-11(18-10)12(17)15-14/h9-11H,1-5,7-8,14H2,(H,15,17). The maximum absolute atomic E-state index is 11.3. The Morgan fingerprint density at radius 3 is 2.83 bits per heavy atom. The second-order valence-corrected chi connectivity index (χ2v) is 4.97. The van der Waals surface area contributed by atoms with E-state index < -0.39 is 6.10 Å². The molecule has 1 heterocycles. The molecule has 2 fully saturated rings. The number of carbonyl (C=O) groups excluding carboxylic acids is 1. The number of nitrogens with one attached hydrogen (secondary N) is 1. The summed E-state index contributed by atoms with van der Waals surface area (Å²) in [5.74, 6) is 4.85. The number of nitriles is 1. The van der Waals surface area contributed by atoms with E-state index in [4.69, 9.17) is 15.8 Å². The smallest absolute Gasteiger partial charge is 0.263 e. The molecule has 2 atom stereocenters. The molecule has 100 valence electrons. The Labute approximate surface area is 107 Å². The molecule has 18 heavy (non-hydrogen) atoms. The van der Waals surface area contributed by atoms with Gasteiger partial charge in [-0.05, 0) is 25.7 Å². The van der Waals surface area contributed by atoms with Crippen molar-refractivity contribution in [1.82, 2.24) is 10.3 Å². The van der Waals surface area contributed by atoms with Crippen molar-refractivity contribution in [1.29, 1.82) is 5.26 Å². The van der Waals surface area contributed by atoms with Crippen molar-refractivity contribution in [2.24, 2.45) is 5.84 Å². The van der Waals surface area contributed by atoms with Crippen molar-refractivity contribution < 1.29 is 9.53 Å². The SMILES string of the molecule is N#CCCN(CC1CCC(C(=O)NN)O1)C1CC1. The Hall–Kier alpha value is -1.16. The molecule has 2 aliphatic rings. The number of amides is 1. The van der Waals surface area contributed by atoms with E-state index in [9.17, 15) is 4.79 Å². The first-order chi connectivity index (χ1) is 8.74. The van der Waals surface area contributed by atoms with Gasteiger partial charge in [-0.2, -0.15) is 5.26 Å². The predicted octanol–water partition coefficient (Wildman–Crippen LogP) is -0.0980. The van der Waals surface area contributed by atoms with Gasteiger partial charge in [-0.15, -0.1) is 0 Å². The molecule has 0 bridgehead atoms. The summed E-state index contributed by atoms with van der Waals surface area (Å²) < 4.78 is 5.69. The fraction of sp³-hybridized carbons (Fsp3) is 0.833. The highest BCUT2D eigenvalue weighted by molar-refractivity contribution is 5.80. The van der Waals surface area contributed by atoms with E-state index in [1.807, 2.05) is 0 Å². The highest BCUT2D eigenvalue weighted by Crippen LogP contribution is 2.29. The molecule has 2 rings (SSSR count). The molecule has 1 aliphatic heterocycles. The number of ether oxygens (including phenoxy) is 1. The van der Waals surface area contributed by atoms with Crippen molar-refractivity contribution in [3.05, 3.63) is 0 Å². The zero-order valence-corrected chi connectivity index (χ0v) is 10.5. The van der Waals surface area contributed by atoms with Gasteiger partial charge < -0.3 is 4.74 Å². The normalized spacial score (nSPS) is 27.2. The van der Waals surface area contributed by atoms with Gasteiger partial charge in [0, 0.05) is 25.6 Å². The summed E-state index contributed by atoms with van der Waals surface area (Å²) in [5, 5.41) is 8.65. The molecule has 0 aromatic carbocycles. The predicted molar refractivity (Wildman–Crippen MR) is 65.1 cm³/mol. The van der Waals surface area contributed by atoms with E-state index in [1.54, 1.807) is 0 Å². The van der Waals surface area contributed by atoms with Crippen LogP contribution < -0.4 is 11.3 Å². The molecule has 3 N–H and O–H groups in total. The lowest BCUT2D eigenvalue weighted by atomic mass is 10.2. The van der Waals surface area contributed by atoms with Gasteiger partial charge in [0.25, 0.3) is 5.91 Å². The summed E-state index contributed by atoms with van der Waals surface area (Å²) in [4.78, 5) is 13.7. The largest absolute Gasteiger partial charge is 0.364 e. The first-order valence-corrected chi connectivity index (χ1v) is 6.51. The second-order valence-electron chi connectivity index (χ2n) is 4.97. The number of nitrogens with two attached hydrogens (primary N) is 1. The minimum atomic E-state index is -0.406. The third-order valence-electron chi connectivity index (χ3n) is 3.55. The molecule has 0 aromatic rings. The molecule has 1 saturated carbocycles. The molecular formula is C12H20N4O2. The molecule has 1 aliphatic carbocycles. The van der Waals surface area contributed by atoms with E-state index in [2.05, 4.69) is 16.4 Å². The van der Waals surface area contributed by atoms with Crippen LogP contribution in [0.25, 0.3) is 0 Å². The summed E-state index contributed by atoms with van der Waals surface area (Å²) in [6.45, 7) is 1.62. The molecule has 0 aromatic heterocycles. The van der Waals surface area contributed by atoms with Crippen LogP contribution in [-0.4, -0.2) is 42.1 Å². The minimum absolute atomic E-state index is 0.0894. The molecular weight excluding hydrogens is 232 g/mol. The number of hydrazine groups is 1. The highest BCUT2D eigenvalue weighted by Gasteiger charge is 2.35. The summed E-state index contributed by atoms with van der Waals surface area (Å²) >= 11 is 0. The van der Waals surface area contributed by atoms with Gasteiger partial charge in [0.05, 0.1) is 12.2 Å². The van der Waals surface area contributed by atoms with Gasteiger partial charge in [0.2, 0.25) is 0 Å². The van der Waals surface area contributed by atoms with Crippen LogP contribution in [0.15, 0.2) is 0 Å². The van der Waals surface area contributed by atoms with Crippen LogP contribution in [0, 0.1) is 11.3 Å². The summed E-state index contributed by atoms with van der Waals surface area (Å²) in [6.07, 6.45) is 4.27. The monoisotopic (exact) mass is 252 g/mol. The molecule has 6 heteroatoms. The van der Waals surface area contributed by atoms with Crippen LogP contribution in [0.2, 0.25) is 0 Å². The van der Waals surface area contributed by atoms with Gasteiger partial charge in [0.1, 0.15) is 6.10 Å². The maximum Gasteiger partial charge on any atom is 0.263 e. The first kappa shape index (κ1) is 13.3. The van der Waals surface area contributed by atoms with Crippen molar-refractivity contribution >= 4 is 5.91 Å². The van der Waals surface area contributed by atoms with Gasteiger partial charge in [-0.3, -0.25) is 15.1 Å². The second kappa shape index (κ2) is 6.14. The fourth-order valence-corrected chi connectivity index (χ4v) is 2.44. The zero-order chi connectivity index (χ0) is 13.0. The number of hydrogen-bond acceptors (Lipinski definition) is 5. The molecule has 1 saturated heterocycles. The lowest BCUT2D eigenvalue weighted by molar-refractivity contribution is -0.132. The van der Waals surface area contributed by atoms with E-state index in [0.29, 0.717) is 12.5 Å². The van der Waals surface area contributed by atoms with Crippen LogP contribution in [-0.2, 0) is 9.53 Å². The van der Waals surface area contributed by atoms with Crippen molar-refractivity contribution in [3.63, 3.8) is 0 Å². The first-order valence-electron chi connectivity index (χ1n) is 6.51. The van der Waals surface area contributed by atoms with Crippen LogP contribution in [0.5, 0.6) is 0 Å². The number of rotatable bonds is 6. The third kappa shape index (κ3) is 3.42. The van der Waals surface area contributed by atoms with E-state index in [0.717, 1.165) is 25.9 Å². The van der Waals surface area contributed by atoms with E-state index in [-0.39, 0.29) is 12.0 Å². The molecule has 0 spiro atoms. The summed E-state index contributed by atoms with van der Waals surface area (Å²) in [7, 11) is 0. The lowest BCUT2D eigenvalue weighted by Crippen LogP contribution is -2.40. The zero-order valence-electron chi connectivity index (χ0n) is 10.5. The van der Waals surface area contributed by atoms with Crippen molar-refractivity contribution in [3.8, 4) is 6.07 Å². The lowest BCUT2D eigenvalue weighted by Gasteiger charge is -2.24. The molecule has 6 nitrogen and oxygen atoms in total. The highest BCUT2D eigenvalue weighted by atomic mass is 16.5. The Morgan fingerprint density at radius 2 is 2.22 bits per heavy atom. The fourth-order valence-electron chi connectivity index (χ4n) is 2.44. The topological polar surface area (TPSA) is 91.4 Å². The van der Waals surface area contributed by atoms with Crippen LogP contribution in [0.1, 0.15) is 32.1 Å². The average Bonchev–Trinajstić information content (AvgIpc) is 3.13. The van der Waals surface area contributed by atoms with Crippen molar-refractivity contribution in [2.45, 2.75) is 50.4 Å². The van der Waals surface area contributed by atoms with Gasteiger partial charge in [-0.1, -0.05) is 0 Å². The Balaban J connectivity index is 1.78. The minimum Gasteiger partial charge on any atom is -0.364 e. The van der Waals surface area contributed by atoms with Crippen LogP contribution in [0.4, 0.5) is 0 Å². The average molecular weight is 252 g/mol. The van der Waals surface area contributed by atoms with Crippen LogP contribution in [0.3, 0.4) is 0 Å². The molecule has 1 amide bonds. The van der Waals surface area contributed by atoms with E-state index in [1.165, 1.54) is 12.8 Å². The molecule has 0 radical (unpaired) electrons. The number of carbonyl (C=O) groups is 1. The van der Waals surface area contributed by atoms with Crippen LogP contribution >= 0.6 is 0 Å². The van der Waals surface area contributed by atoms with Crippen molar-refractivity contribution in [2.75, 3.05) is 13.1 Å². The maximum atomic E-state index is 11.3. The third-order valence-corrected chi connectivity index (χ3v) is 3.55. The number of hydrogen-bond donors (Lipinski definition) is 2. The van der Waals surface area contributed by atoms with E-state index >= 15 is 0 Å². The Bertz CT molecular complexity index is 337.